The van der Waals surface area contributed by atoms with Gasteiger partial charge in [0.25, 0.3) is 0 Å². The zero-order valence-corrected chi connectivity index (χ0v) is 20.0. The molecule has 3 aromatic rings. The molecule has 0 aliphatic carbocycles. The van der Waals surface area contributed by atoms with Gasteiger partial charge in [-0.25, -0.2) is 4.98 Å². The number of hydrogen-bond donors (Lipinski definition) is 4. The number of aromatic nitrogens is 2. The molecule has 1 aliphatic rings. The molecule has 1 aliphatic heterocycles. The summed E-state index contributed by atoms with van der Waals surface area (Å²) in [5, 5.41) is 40.8. The van der Waals surface area contributed by atoms with Crippen LogP contribution in [-0.4, -0.2) is 73.0 Å². The third-order valence-corrected chi connectivity index (χ3v) is 7.11. The third kappa shape index (κ3) is 5.56. The molecule has 1 saturated heterocycles. The van der Waals surface area contributed by atoms with Gasteiger partial charge in [0, 0.05) is 0 Å². The molecule has 1 aromatic heterocycles. The van der Waals surface area contributed by atoms with Crippen LogP contribution in [0.25, 0.3) is 11.0 Å². The molecule has 0 amide bonds. The largest absolute Gasteiger partial charge is 0.494 e. The van der Waals surface area contributed by atoms with E-state index in [1.165, 1.54) is 0 Å². The Morgan fingerprint density at radius 2 is 1.76 bits per heavy atom. The van der Waals surface area contributed by atoms with E-state index in [0.29, 0.717) is 18.3 Å². The predicted molar refractivity (Wildman–Crippen MR) is 130 cm³/mol. The van der Waals surface area contributed by atoms with Crippen LogP contribution in [0.15, 0.2) is 53.7 Å². The van der Waals surface area contributed by atoms with Gasteiger partial charge in [-0.3, -0.25) is 0 Å². The van der Waals surface area contributed by atoms with Crippen LogP contribution in [0.1, 0.15) is 31.7 Å². The Balaban J connectivity index is 1.54. The molecule has 0 saturated carbocycles. The summed E-state index contributed by atoms with van der Waals surface area (Å²) in [5.74, 6) is 0.839. The second-order valence-corrected chi connectivity index (χ2v) is 9.55. The van der Waals surface area contributed by atoms with Crippen LogP contribution in [-0.2, 0) is 11.3 Å². The Morgan fingerprint density at radius 3 is 2.50 bits per heavy atom. The number of benzene rings is 2. The smallest absolute Gasteiger partial charge is 0.171 e. The maximum atomic E-state index is 10.5. The number of aliphatic hydroxyl groups is 4. The summed E-state index contributed by atoms with van der Waals surface area (Å²) in [4.78, 5) is 4.71. The molecule has 34 heavy (non-hydrogen) atoms. The molecule has 2 aromatic carbocycles. The average Bonchev–Trinajstić information content (AvgIpc) is 3.20. The molecule has 5 unspecified atom stereocenters. The lowest BCUT2D eigenvalue weighted by atomic mass is 10.0. The standard InChI is InChI=1S/C25H32N2O6S/c1-2-3-6-13-32-17-11-9-16(10-12-17)14-27-19-8-5-4-7-18(19)26-25(27)34-24-23(31)22(30)21(29)20(15-28)33-24/h4-5,7-12,20-24,28-31H,2-3,6,13-15H2,1H3. The van der Waals surface area contributed by atoms with Gasteiger partial charge < -0.3 is 34.5 Å². The Kier molecular flexibility index (Phi) is 8.46. The number of hydrogen-bond acceptors (Lipinski definition) is 8. The maximum Gasteiger partial charge on any atom is 0.171 e. The van der Waals surface area contributed by atoms with E-state index in [9.17, 15) is 20.4 Å². The van der Waals surface area contributed by atoms with Crippen molar-refractivity contribution in [2.45, 2.75) is 67.7 Å². The summed E-state index contributed by atoms with van der Waals surface area (Å²) in [7, 11) is 0. The van der Waals surface area contributed by atoms with Crippen molar-refractivity contribution in [1.82, 2.24) is 9.55 Å². The highest BCUT2D eigenvalue weighted by atomic mass is 32.2. The van der Waals surface area contributed by atoms with Crippen LogP contribution in [0.5, 0.6) is 5.75 Å². The number of ether oxygens (including phenoxy) is 2. The predicted octanol–water partition coefficient (Wildman–Crippen LogP) is 2.55. The number of para-hydroxylation sites is 2. The Labute approximate surface area is 203 Å². The van der Waals surface area contributed by atoms with Gasteiger partial charge in [-0.1, -0.05) is 55.8 Å². The SMILES string of the molecule is CCCCCOc1ccc(Cn2c(SC3OC(CO)C(O)C(O)C3O)nc3ccccc32)cc1. The Morgan fingerprint density at radius 1 is 1.00 bits per heavy atom. The van der Waals surface area contributed by atoms with E-state index in [-0.39, 0.29) is 0 Å². The molecule has 8 nitrogen and oxygen atoms in total. The van der Waals surface area contributed by atoms with Crippen LogP contribution < -0.4 is 4.74 Å². The molecule has 2 heterocycles. The molecule has 184 valence electrons. The van der Waals surface area contributed by atoms with Crippen LogP contribution in [0.2, 0.25) is 0 Å². The minimum absolute atomic E-state index is 0.467. The summed E-state index contributed by atoms with van der Waals surface area (Å²) < 4.78 is 13.5. The van der Waals surface area contributed by atoms with Crippen molar-refractivity contribution in [1.29, 1.82) is 0 Å². The molecule has 0 radical (unpaired) electrons. The number of fused-ring (bicyclic) bond motifs is 1. The van der Waals surface area contributed by atoms with Crippen molar-refractivity contribution in [3.05, 3.63) is 54.1 Å². The van der Waals surface area contributed by atoms with E-state index in [1.54, 1.807) is 0 Å². The molecule has 4 N–H and O–H groups in total. The summed E-state index contributed by atoms with van der Waals surface area (Å²) in [5.41, 5.74) is 1.88. The van der Waals surface area contributed by atoms with Crippen LogP contribution >= 0.6 is 11.8 Å². The minimum Gasteiger partial charge on any atom is -0.494 e. The lowest BCUT2D eigenvalue weighted by Gasteiger charge is -2.39. The Bertz CT molecular complexity index is 1060. The Hall–Kier alpha value is -2.14. The van der Waals surface area contributed by atoms with Gasteiger partial charge in [0.15, 0.2) is 5.16 Å². The topological polar surface area (TPSA) is 117 Å². The summed E-state index contributed by atoms with van der Waals surface area (Å²) >= 11 is 1.16. The second-order valence-electron chi connectivity index (χ2n) is 8.48. The zero-order chi connectivity index (χ0) is 24.1. The van der Waals surface area contributed by atoms with E-state index >= 15 is 0 Å². The number of rotatable bonds is 10. The average molecular weight is 489 g/mol. The zero-order valence-electron chi connectivity index (χ0n) is 19.2. The first-order chi connectivity index (χ1) is 16.5. The number of nitrogens with zero attached hydrogens (tertiary/aromatic N) is 2. The van der Waals surface area contributed by atoms with Gasteiger partial charge in [-0.2, -0.15) is 0 Å². The van der Waals surface area contributed by atoms with E-state index in [1.807, 2.05) is 53.1 Å². The first-order valence-electron chi connectivity index (χ1n) is 11.7. The summed E-state index contributed by atoms with van der Waals surface area (Å²) in [6.07, 6.45) is -1.76. The molecule has 9 heteroatoms. The monoisotopic (exact) mass is 488 g/mol. The van der Waals surface area contributed by atoms with Crippen molar-refractivity contribution in [3.63, 3.8) is 0 Å². The fraction of sp³-hybridized carbons (Fsp3) is 0.480. The first kappa shape index (κ1) is 25.0. The van der Waals surface area contributed by atoms with Crippen molar-refractivity contribution in [2.75, 3.05) is 13.2 Å². The molecule has 0 spiro atoms. The molecule has 0 bridgehead atoms. The van der Waals surface area contributed by atoms with Gasteiger partial charge in [-0.05, 0) is 36.2 Å². The number of unbranched alkanes of at least 4 members (excludes halogenated alkanes) is 2. The normalized spacial score (nSPS) is 25.0. The number of imidazole rings is 1. The molecular weight excluding hydrogens is 456 g/mol. The fourth-order valence-corrected chi connectivity index (χ4v) is 5.13. The van der Waals surface area contributed by atoms with E-state index in [4.69, 9.17) is 14.5 Å². The highest BCUT2D eigenvalue weighted by molar-refractivity contribution is 7.99. The molecule has 1 fully saturated rings. The van der Waals surface area contributed by atoms with Gasteiger partial charge in [0.1, 0.15) is 35.6 Å². The van der Waals surface area contributed by atoms with Crippen LogP contribution in [0.3, 0.4) is 0 Å². The highest BCUT2D eigenvalue weighted by Crippen LogP contribution is 2.35. The number of aliphatic hydroxyl groups excluding tert-OH is 4. The van der Waals surface area contributed by atoms with Crippen molar-refractivity contribution in [2.24, 2.45) is 0 Å². The quantitative estimate of drug-likeness (QED) is 0.322. The maximum absolute atomic E-state index is 10.5. The van der Waals surface area contributed by atoms with Gasteiger partial charge >= 0.3 is 0 Å². The summed E-state index contributed by atoms with van der Waals surface area (Å²) in [6.45, 7) is 2.94. The first-order valence-corrected chi connectivity index (χ1v) is 12.5. The summed E-state index contributed by atoms with van der Waals surface area (Å²) in [6, 6.07) is 15.7. The fourth-order valence-electron chi connectivity index (χ4n) is 3.98. The van der Waals surface area contributed by atoms with E-state index in [0.717, 1.165) is 53.4 Å². The minimum atomic E-state index is -1.42. The second kappa shape index (κ2) is 11.5. The van der Waals surface area contributed by atoms with E-state index < -0.39 is 36.5 Å². The molecular formula is C25H32N2O6S. The van der Waals surface area contributed by atoms with Gasteiger partial charge in [0.05, 0.1) is 30.8 Å². The highest BCUT2D eigenvalue weighted by Gasteiger charge is 2.44. The molecule has 4 rings (SSSR count). The molecule has 5 atom stereocenters. The van der Waals surface area contributed by atoms with Crippen molar-refractivity contribution in [3.8, 4) is 5.75 Å². The number of thioether (sulfide) groups is 1. The van der Waals surface area contributed by atoms with Gasteiger partial charge in [-0.15, -0.1) is 0 Å². The van der Waals surface area contributed by atoms with Crippen molar-refractivity contribution >= 4 is 22.8 Å². The van der Waals surface area contributed by atoms with Crippen molar-refractivity contribution < 1.29 is 29.9 Å². The third-order valence-electron chi connectivity index (χ3n) is 5.97. The van der Waals surface area contributed by atoms with E-state index in [2.05, 4.69) is 6.92 Å². The lowest BCUT2D eigenvalue weighted by molar-refractivity contribution is -0.205. The van der Waals surface area contributed by atoms with Gasteiger partial charge in [0.2, 0.25) is 0 Å². The van der Waals surface area contributed by atoms with Crippen LogP contribution in [0.4, 0.5) is 0 Å². The lowest BCUT2D eigenvalue weighted by Crippen LogP contribution is -2.57. The van der Waals surface area contributed by atoms with Crippen LogP contribution in [0, 0.1) is 0 Å².